The Morgan fingerprint density at radius 1 is 1.52 bits per heavy atom. The summed E-state index contributed by atoms with van der Waals surface area (Å²) >= 11 is 1.71. The Labute approximate surface area is 141 Å². The van der Waals surface area contributed by atoms with Gasteiger partial charge in [-0.2, -0.15) is 0 Å². The van der Waals surface area contributed by atoms with Crippen LogP contribution in [0.1, 0.15) is 30.0 Å². The standard InChI is InChI=1S/C16H26N4O2S/c1-12-18-13(10-23-12)8-20-11-16(7-14(20)9-22-2)3-5-19(6-4-16)15(17)21/h10,14H,3-9,11H2,1-2H3,(H2,17,21). The molecular weight excluding hydrogens is 312 g/mol. The van der Waals surface area contributed by atoms with Gasteiger partial charge in [-0.1, -0.05) is 0 Å². The molecule has 2 amide bonds. The van der Waals surface area contributed by atoms with Crippen LogP contribution in [0.15, 0.2) is 5.38 Å². The molecule has 1 atom stereocenters. The maximum atomic E-state index is 11.3. The average molecular weight is 338 g/mol. The van der Waals surface area contributed by atoms with E-state index in [-0.39, 0.29) is 6.03 Å². The third kappa shape index (κ3) is 3.67. The quantitative estimate of drug-likeness (QED) is 0.909. The van der Waals surface area contributed by atoms with Crippen LogP contribution in [0.2, 0.25) is 0 Å². The van der Waals surface area contributed by atoms with Crippen LogP contribution in [-0.4, -0.2) is 60.2 Å². The molecule has 2 aliphatic heterocycles. The fraction of sp³-hybridized carbons (Fsp3) is 0.750. The van der Waals surface area contributed by atoms with Gasteiger partial charge in [0.15, 0.2) is 0 Å². The van der Waals surface area contributed by atoms with E-state index in [1.807, 2.05) is 6.92 Å². The molecule has 6 nitrogen and oxygen atoms in total. The fourth-order valence-corrected chi connectivity index (χ4v) is 4.65. The predicted octanol–water partition coefficient (Wildman–Crippen LogP) is 1.83. The highest BCUT2D eigenvalue weighted by atomic mass is 32.1. The van der Waals surface area contributed by atoms with Gasteiger partial charge in [-0.15, -0.1) is 11.3 Å². The minimum absolute atomic E-state index is 0.291. The average Bonchev–Trinajstić information content (AvgIpc) is 3.05. The van der Waals surface area contributed by atoms with Crippen molar-refractivity contribution in [3.63, 3.8) is 0 Å². The van der Waals surface area contributed by atoms with Crippen LogP contribution in [0, 0.1) is 12.3 Å². The second-order valence-electron chi connectivity index (χ2n) is 6.90. The highest BCUT2D eigenvalue weighted by molar-refractivity contribution is 7.09. The zero-order chi connectivity index (χ0) is 16.4. The number of hydrogen-bond donors (Lipinski definition) is 1. The van der Waals surface area contributed by atoms with Gasteiger partial charge in [0.1, 0.15) is 0 Å². The first kappa shape index (κ1) is 16.7. The number of amides is 2. The van der Waals surface area contributed by atoms with Crippen molar-refractivity contribution in [2.75, 3.05) is 33.4 Å². The number of carbonyl (C=O) groups is 1. The monoisotopic (exact) mass is 338 g/mol. The molecule has 1 unspecified atom stereocenters. The molecule has 2 aliphatic rings. The summed E-state index contributed by atoms with van der Waals surface area (Å²) in [5.41, 5.74) is 6.86. The van der Waals surface area contributed by atoms with Crippen LogP contribution in [0.5, 0.6) is 0 Å². The van der Waals surface area contributed by atoms with Crippen molar-refractivity contribution in [3.8, 4) is 0 Å². The van der Waals surface area contributed by atoms with Gasteiger partial charge in [-0.05, 0) is 31.6 Å². The molecular formula is C16H26N4O2S. The lowest BCUT2D eigenvalue weighted by Gasteiger charge is -2.38. The van der Waals surface area contributed by atoms with Crippen LogP contribution in [0.25, 0.3) is 0 Å². The molecule has 1 aromatic rings. The topological polar surface area (TPSA) is 71.7 Å². The summed E-state index contributed by atoms with van der Waals surface area (Å²) in [6, 6.07) is 0.142. The number of carbonyl (C=O) groups excluding carboxylic acids is 1. The van der Waals surface area contributed by atoms with Gasteiger partial charge in [0.2, 0.25) is 0 Å². The van der Waals surface area contributed by atoms with Crippen molar-refractivity contribution in [3.05, 3.63) is 16.1 Å². The highest BCUT2D eigenvalue weighted by Crippen LogP contribution is 2.43. The summed E-state index contributed by atoms with van der Waals surface area (Å²) in [7, 11) is 1.77. The largest absolute Gasteiger partial charge is 0.383 e. The van der Waals surface area contributed by atoms with Gasteiger partial charge in [0.05, 0.1) is 17.3 Å². The lowest BCUT2D eigenvalue weighted by molar-refractivity contribution is 0.110. The van der Waals surface area contributed by atoms with E-state index in [4.69, 9.17) is 10.5 Å². The molecule has 3 rings (SSSR count). The number of nitrogens with zero attached hydrogens (tertiary/aromatic N) is 3. The Bertz CT molecular complexity index is 554. The van der Waals surface area contributed by atoms with Crippen LogP contribution in [0.4, 0.5) is 4.79 Å². The van der Waals surface area contributed by atoms with E-state index in [1.165, 1.54) is 0 Å². The number of ether oxygens (including phenoxy) is 1. The molecule has 2 saturated heterocycles. The minimum atomic E-state index is -0.291. The summed E-state index contributed by atoms with van der Waals surface area (Å²) in [6.45, 7) is 6.30. The van der Waals surface area contributed by atoms with E-state index in [0.29, 0.717) is 11.5 Å². The summed E-state index contributed by atoms with van der Waals surface area (Å²) in [4.78, 5) is 20.2. The molecule has 2 N–H and O–H groups in total. The summed E-state index contributed by atoms with van der Waals surface area (Å²) in [5, 5.41) is 3.27. The van der Waals surface area contributed by atoms with Gasteiger partial charge in [-0.25, -0.2) is 9.78 Å². The number of aryl methyl sites for hydroxylation is 1. The molecule has 0 aliphatic carbocycles. The zero-order valence-corrected chi connectivity index (χ0v) is 14.8. The molecule has 128 valence electrons. The van der Waals surface area contributed by atoms with Crippen LogP contribution in [-0.2, 0) is 11.3 Å². The number of hydrogen-bond acceptors (Lipinski definition) is 5. The molecule has 3 heterocycles. The molecule has 1 aromatic heterocycles. The van der Waals surface area contributed by atoms with Crippen LogP contribution in [0.3, 0.4) is 0 Å². The maximum Gasteiger partial charge on any atom is 0.314 e. The van der Waals surface area contributed by atoms with Gasteiger partial charge in [0, 0.05) is 44.7 Å². The Morgan fingerprint density at radius 2 is 2.26 bits per heavy atom. The molecule has 0 aromatic carbocycles. The van der Waals surface area contributed by atoms with E-state index >= 15 is 0 Å². The first-order valence-electron chi connectivity index (χ1n) is 8.20. The third-order valence-corrected chi connectivity index (χ3v) is 6.07. The van der Waals surface area contributed by atoms with Crippen LogP contribution >= 0.6 is 11.3 Å². The zero-order valence-electron chi connectivity index (χ0n) is 14.0. The van der Waals surface area contributed by atoms with Crippen LogP contribution < -0.4 is 5.73 Å². The number of primary amides is 1. The number of thiazole rings is 1. The van der Waals surface area contributed by atoms with Gasteiger partial charge < -0.3 is 15.4 Å². The number of urea groups is 1. The second-order valence-corrected chi connectivity index (χ2v) is 7.96. The lowest BCUT2D eigenvalue weighted by Crippen LogP contribution is -2.46. The molecule has 0 saturated carbocycles. The number of aromatic nitrogens is 1. The Hall–Kier alpha value is -1.18. The third-order valence-electron chi connectivity index (χ3n) is 5.25. The van der Waals surface area contributed by atoms with Gasteiger partial charge in [-0.3, -0.25) is 4.90 Å². The number of rotatable bonds is 4. The van der Waals surface area contributed by atoms with Crippen molar-refractivity contribution in [1.29, 1.82) is 0 Å². The van der Waals surface area contributed by atoms with Crippen molar-refractivity contribution in [2.45, 2.75) is 38.8 Å². The maximum absolute atomic E-state index is 11.3. The first-order valence-corrected chi connectivity index (χ1v) is 9.08. The smallest absolute Gasteiger partial charge is 0.314 e. The SMILES string of the molecule is COCC1CC2(CCN(C(N)=O)CC2)CN1Cc1csc(C)n1. The number of piperidine rings is 1. The van der Waals surface area contributed by atoms with Crippen molar-refractivity contribution < 1.29 is 9.53 Å². The van der Waals surface area contributed by atoms with Gasteiger partial charge >= 0.3 is 6.03 Å². The molecule has 7 heteroatoms. The van der Waals surface area contributed by atoms with Crippen molar-refractivity contribution >= 4 is 17.4 Å². The fourth-order valence-electron chi connectivity index (χ4n) is 4.05. The highest BCUT2D eigenvalue weighted by Gasteiger charge is 2.45. The molecule has 2 fully saturated rings. The Balaban J connectivity index is 1.67. The lowest BCUT2D eigenvalue weighted by atomic mass is 9.76. The Kier molecular flexibility index (Phi) is 4.89. The van der Waals surface area contributed by atoms with Crippen molar-refractivity contribution in [2.24, 2.45) is 11.1 Å². The van der Waals surface area contributed by atoms with E-state index < -0.39 is 0 Å². The minimum Gasteiger partial charge on any atom is -0.383 e. The second kappa shape index (κ2) is 6.75. The van der Waals surface area contributed by atoms with E-state index in [2.05, 4.69) is 15.3 Å². The van der Waals surface area contributed by atoms with E-state index in [1.54, 1.807) is 23.3 Å². The summed E-state index contributed by atoms with van der Waals surface area (Å²) in [5.74, 6) is 0. The predicted molar refractivity (Wildman–Crippen MR) is 90.4 cm³/mol. The Morgan fingerprint density at radius 3 is 2.83 bits per heavy atom. The number of methoxy groups -OCH3 is 1. The first-order chi connectivity index (χ1) is 11.0. The normalized spacial score (nSPS) is 24.4. The molecule has 0 radical (unpaired) electrons. The molecule has 1 spiro atoms. The van der Waals surface area contributed by atoms with Gasteiger partial charge in [0.25, 0.3) is 0 Å². The molecule has 23 heavy (non-hydrogen) atoms. The van der Waals surface area contributed by atoms with E-state index in [0.717, 1.165) is 62.7 Å². The summed E-state index contributed by atoms with van der Waals surface area (Å²) in [6.07, 6.45) is 3.20. The van der Waals surface area contributed by atoms with Crippen molar-refractivity contribution in [1.82, 2.24) is 14.8 Å². The van der Waals surface area contributed by atoms with E-state index in [9.17, 15) is 4.79 Å². The molecule has 0 bridgehead atoms. The number of nitrogens with two attached hydrogens (primary N) is 1. The number of likely N-dealkylation sites (tertiary alicyclic amines) is 2. The summed E-state index contributed by atoms with van der Waals surface area (Å²) < 4.78 is 5.45.